The van der Waals surface area contributed by atoms with Gasteiger partial charge in [0.1, 0.15) is 0 Å². The molecule has 0 saturated heterocycles. The fourth-order valence-electron chi connectivity index (χ4n) is 2.62. The van der Waals surface area contributed by atoms with Crippen LogP contribution in [0.2, 0.25) is 0 Å². The van der Waals surface area contributed by atoms with Gasteiger partial charge in [-0.2, -0.15) is 0 Å². The Kier molecular flexibility index (Phi) is 3.53. The monoisotopic (exact) mass is 230 g/mol. The third-order valence-corrected chi connectivity index (χ3v) is 3.59. The predicted molar refractivity (Wildman–Crippen MR) is 74.9 cm³/mol. The van der Waals surface area contributed by atoms with Gasteiger partial charge in [0, 0.05) is 37.1 Å². The van der Waals surface area contributed by atoms with Crippen LogP contribution in [0.1, 0.15) is 35.9 Å². The first-order chi connectivity index (χ1) is 8.19. The Morgan fingerprint density at radius 1 is 1.35 bits per heavy atom. The van der Waals surface area contributed by atoms with Crippen LogP contribution >= 0.6 is 0 Å². The molecule has 0 atom stereocenters. The molecule has 0 fully saturated rings. The molecule has 2 nitrogen and oxygen atoms in total. The van der Waals surface area contributed by atoms with Gasteiger partial charge in [0.05, 0.1) is 0 Å². The van der Waals surface area contributed by atoms with Crippen LogP contribution in [0.15, 0.2) is 12.7 Å². The molecule has 0 radical (unpaired) electrons. The van der Waals surface area contributed by atoms with Crippen LogP contribution in [0.4, 0.5) is 0 Å². The van der Waals surface area contributed by atoms with Crippen molar-refractivity contribution in [2.24, 2.45) is 7.05 Å². The maximum absolute atomic E-state index is 3.98. The highest BCUT2D eigenvalue weighted by Crippen LogP contribution is 2.29. The second-order valence-electron chi connectivity index (χ2n) is 4.79. The number of hydrogen-bond acceptors (Lipinski definition) is 1. The van der Waals surface area contributed by atoms with Gasteiger partial charge in [-0.15, -0.1) is 0 Å². The van der Waals surface area contributed by atoms with E-state index < -0.39 is 0 Å². The largest absolute Gasteiger partial charge is 0.346 e. The highest BCUT2D eigenvalue weighted by molar-refractivity contribution is 5.67. The van der Waals surface area contributed by atoms with Gasteiger partial charge in [0.2, 0.25) is 0 Å². The molecule has 1 aromatic rings. The molecule has 2 heteroatoms. The van der Waals surface area contributed by atoms with Gasteiger partial charge >= 0.3 is 0 Å². The van der Waals surface area contributed by atoms with Crippen molar-refractivity contribution in [1.82, 2.24) is 9.47 Å². The Morgan fingerprint density at radius 3 is 2.76 bits per heavy atom. The molecule has 0 unspecified atom stereocenters. The second-order valence-corrected chi connectivity index (χ2v) is 4.79. The van der Waals surface area contributed by atoms with Crippen molar-refractivity contribution in [1.29, 1.82) is 0 Å². The van der Waals surface area contributed by atoms with Crippen molar-refractivity contribution >= 4 is 12.2 Å². The lowest BCUT2D eigenvalue weighted by atomic mass is 10.0. The average Bonchev–Trinajstić information content (AvgIpc) is 2.59. The number of aromatic nitrogens is 1. The molecular weight excluding hydrogens is 208 g/mol. The summed E-state index contributed by atoms with van der Waals surface area (Å²) >= 11 is 0. The molecule has 92 valence electrons. The van der Waals surface area contributed by atoms with E-state index in [1.165, 1.54) is 22.5 Å². The van der Waals surface area contributed by atoms with E-state index in [1.807, 2.05) is 6.08 Å². The quantitative estimate of drug-likeness (QED) is 0.774. The van der Waals surface area contributed by atoms with E-state index in [2.05, 4.69) is 49.2 Å². The smallest absolute Gasteiger partial charge is 0.0479 e. The summed E-state index contributed by atoms with van der Waals surface area (Å²) in [6.07, 6.45) is 8.68. The Hall–Kier alpha value is -1.28. The van der Waals surface area contributed by atoms with Crippen molar-refractivity contribution in [3.8, 4) is 0 Å². The zero-order valence-electron chi connectivity index (χ0n) is 11.2. The van der Waals surface area contributed by atoms with Crippen LogP contribution in [0.3, 0.4) is 0 Å². The van der Waals surface area contributed by atoms with Gasteiger partial charge < -0.3 is 9.47 Å². The predicted octanol–water partition coefficient (Wildman–Crippen LogP) is 3.08. The Labute approximate surface area is 104 Å². The molecule has 1 aliphatic rings. The van der Waals surface area contributed by atoms with Crippen LogP contribution < -0.4 is 0 Å². The van der Waals surface area contributed by atoms with E-state index in [9.17, 15) is 0 Å². The highest BCUT2D eigenvalue weighted by Gasteiger charge is 2.22. The zero-order chi connectivity index (χ0) is 12.4. The van der Waals surface area contributed by atoms with Gasteiger partial charge in [-0.3, -0.25) is 0 Å². The normalized spacial score (nSPS) is 16.4. The van der Waals surface area contributed by atoms with Crippen LogP contribution in [-0.2, 0) is 20.0 Å². The average molecular weight is 230 g/mol. The number of fused-ring (bicyclic) bond motifs is 1. The van der Waals surface area contributed by atoms with Gasteiger partial charge in [-0.1, -0.05) is 25.7 Å². The summed E-state index contributed by atoms with van der Waals surface area (Å²) in [7, 11) is 4.35. The van der Waals surface area contributed by atoms with Gasteiger partial charge in [0.15, 0.2) is 0 Å². The van der Waals surface area contributed by atoms with Gasteiger partial charge in [-0.25, -0.2) is 0 Å². The van der Waals surface area contributed by atoms with Crippen LogP contribution in [0, 0.1) is 0 Å². The molecule has 0 N–H and O–H groups in total. The maximum Gasteiger partial charge on any atom is 0.0479 e. The number of likely N-dealkylation sites (N-methyl/N-ethyl adjacent to an activating group) is 1. The highest BCUT2D eigenvalue weighted by atomic mass is 15.1. The minimum absolute atomic E-state index is 1.05. The van der Waals surface area contributed by atoms with Crippen LogP contribution in [-0.4, -0.2) is 23.1 Å². The van der Waals surface area contributed by atoms with E-state index in [0.717, 1.165) is 25.9 Å². The fraction of sp³-hybridized carbons (Fsp3) is 0.467. The summed E-state index contributed by atoms with van der Waals surface area (Å²) < 4.78 is 2.33. The summed E-state index contributed by atoms with van der Waals surface area (Å²) in [6, 6.07) is 0. The summed E-state index contributed by atoms with van der Waals surface area (Å²) in [6.45, 7) is 8.34. The topological polar surface area (TPSA) is 8.17 Å². The van der Waals surface area contributed by atoms with Crippen molar-refractivity contribution in [3.63, 3.8) is 0 Å². The lowest BCUT2D eigenvalue weighted by Gasteiger charge is -2.23. The first-order valence-corrected chi connectivity index (χ1v) is 6.37. The maximum atomic E-state index is 3.98. The van der Waals surface area contributed by atoms with E-state index in [1.54, 1.807) is 0 Å². The van der Waals surface area contributed by atoms with Gasteiger partial charge in [-0.05, 0) is 31.5 Å². The molecule has 0 aromatic carbocycles. The Balaban J connectivity index is 2.53. The summed E-state index contributed by atoms with van der Waals surface area (Å²) in [5, 5.41) is 0. The Bertz CT molecular complexity index is 452. The molecule has 2 rings (SSSR count). The summed E-state index contributed by atoms with van der Waals surface area (Å²) in [5.74, 6) is 0. The molecule has 0 bridgehead atoms. The zero-order valence-corrected chi connectivity index (χ0v) is 11.2. The molecule has 17 heavy (non-hydrogen) atoms. The van der Waals surface area contributed by atoms with E-state index in [4.69, 9.17) is 0 Å². The van der Waals surface area contributed by atoms with E-state index in [-0.39, 0.29) is 0 Å². The molecule has 0 amide bonds. The van der Waals surface area contributed by atoms with Gasteiger partial charge in [0.25, 0.3) is 0 Å². The molecule has 2 heterocycles. The lowest BCUT2D eigenvalue weighted by Crippen LogP contribution is -2.27. The molecule has 0 saturated carbocycles. The van der Waals surface area contributed by atoms with Crippen LogP contribution in [0.25, 0.3) is 12.2 Å². The Morgan fingerprint density at radius 2 is 2.12 bits per heavy atom. The first-order valence-electron chi connectivity index (χ1n) is 6.37. The number of rotatable bonds is 3. The lowest BCUT2D eigenvalue weighted by molar-refractivity contribution is 0.304. The van der Waals surface area contributed by atoms with Crippen LogP contribution in [0.5, 0.6) is 0 Å². The molecule has 1 aromatic heterocycles. The SMILES string of the molecule is C=Cc1c2c(n(C)c1/C=C\CC)CN(C)CC2. The van der Waals surface area contributed by atoms with Crippen molar-refractivity contribution in [3.05, 3.63) is 35.2 Å². The minimum atomic E-state index is 1.05. The molecule has 1 aliphatic heterocycles. The fourth-order valence-corrected chi connectivity index (χ4v) is 2.62. The standard InChI is InChI=1S/C15H22N2/c1-5-7-8-14-12(6-2)13-9-10-16(3)11-15(13)17(14)4/h6-8H,2,5,9-11H2,1,3-4H3/b8-7-. The third-order valence-electron chi connectivity index (χ3n) is 3.59. The second kappa shape index (κ2) is 4.92. The summed E-state index contributed by atoms with van der Waals surface area (Å²) in [4.78, 5) is 2.38. The summed E-state index contributed by atoms with van der Waals surface area (Å²) in [5.41, 5.74) is 5.59. The number of hydrogen-bond donors (Lipinski definition) is 0. The van der Waals surface area contributed by atoms with E-state index >= 15 is 0 Å². The molecule has 0 spiro atoms. The number of nitrogens with zero attached hydrogens (tertiary/aromatic N) is 2. The third kappa shape index (κ3) is 2.09. The van der Waals surface area contributed by atoms with Crippen molar-refractivity contribution in [2.45, 2.75) is 26.3 Å². The molecular formula is C15H22N2. The molecule has 0 aliphatic carbocycles. The van der Waals surface area contributed by atoms with E-state index in [0.29, 0.717) is 0 Å². The van der Waals surface area contributed by atoms with Crippen molar-refractivity contribution in [2.75, 3.05) is 13.6 Å². The number of allylic oxidation sites excluding steroid dienone is 1. The first kappa shape index (κ1) is 12.2. The van der Waals surface area contributed by atoms with Crippen molar-refractivity contribution < 1.29 is 0 Å². The minimum Gasteiger partial charge on any atom is -0.346 e.